The Morgan fingerprint density at radius 1 is 0.588 bits per heavy atom. The predicted octanol–water partition coefficient (Wildman–Crippen LogP) is 4.41. The Labute approximate surface area is 107 Å². The smallest absolute Gasteiger partial charge is 0.154 e. The van der Waals surface area contributed by atoms with E-state index in [-0.39, 0.29) is 0 Å². The van der Waals surface area contributed by atoms with Crippen LogP contribution >= 0.6 is 0 Å². The molecule has 0 aromatic rings. The molecule has 1 fully saturated rings. The van der Waals surface area contributed by atoms with Crippen molar-refractivity contribution >= 4 is 0 Å². The highest BCUT2D eigenvalue weighted by atomic mass is 16.6. The van der Waals surface area contributed by atoms with Gasteiger partial charge < -0.3 is 9.84 Å². The van der Waals surface area contributed by atoms with Crippen LogP contribution in [0.2, 0.25) is 0 Å². The molecule has 1 aliphatic rings. The molecule has 0 aromatic heterocycles. The molecule has 2 heteroatoms. The summed E-state index contributed by atoms with van der Waals surface area (Å²) in [7, 11) is 0. The minimum absolute atomic E-state index is 0.511. The van der Waals surface area contributed by atoms with Crippen LogP contribution < -0.4 is 0 Å². The lowest BCUT2D eigenvalue weighted by atomic mass is 10.0. The van der Waals surface area contributed by atoms with Gasteiger partial charge in [0, 0.05) is 6.61 Å². The van der Waals surface area contributed by atoms with Crippen LogP contribution in [0.3, 0.4) is 0 Å². The third-order valence-corrected chi connectivity index (χ3v) is 3.66. The van der Waals surface area contributed by atoms with Gasteiger partial charge in [0.15, 0.2) is 6.29 Å². The lowest BCUT2D eigenvalue weighted by Crippen LogP contribution is -2.12. The first-order valence-corrected chi connectivity index (χ1v) is 7.69. The maximum Gasteiger partial charge on any atom is 0.154 e. The fourth-order valence-electron chi connectivity index (χ4n) is 2.49. The van der Waals surface area contributed by atoms with Gasteiger partial charge in [-0.1, -0.05) is 64.2 Å². The predicted molar refractivity (Wildman–Crippen MR) is 72.0 cm³/mol. The van der Waals surface area contributed by atoms with Crippen LogP contribution in [0.4, 0.5) is 0 Å². The van der Waals surface area contributed by atoms with Crippen molar-refractivity contribution in [3.8, 4) is 0 Å². The summed E-state index contributed by atoms with van der Waals surface area (Å²) >= 11 is 0. The van der Waals surface area contributed by atoms with Gasteiger partial charge in [-0.2, -0.15) is 0 Å². The molecule has 1 unspecified atom stereocenters. The van der Waals surface area contributed by atoms with Crippen molar-refractivity contribution in [1.82, 2.24) is 0 Å². The molecular weight excluding hydrogens is 212 g/mol. The first-order valence-electron chi connectivity index (χ1n) is 7.69. The summed E-state index contributed by atoms with van der Waals surface area (Å²) in [5.41, 5.74) is 0. The molecule has 0 bridgehead atoms. The average Bonchev–Trinajstić information content (AvgIpc) is 2.32. The molecule has 0 radical (unpaired) electrons. The Balaban J connectivity index is 2.09. The molecule has 1 rings (SSSR count). The third kappa shape index (κ3) is 9.61. The van der Waals surface area contributed by atoms with E-state index >= 15 is 0 Å². The second-order valence-corrected chi connectivity index (χ2v) is 5.36. The molecule has 102 valence electrons. The first kappa shape index (κ1) is 15.0. The molecule has 2 nitrogen and oxygen atoms in total. The molecule has 0 saturated carbocycles. The molecule has 0 aliphatic carbocycles. The maximum absolute atomic E-state index is 9.60. The number of hydrogen-bond acceptors (Lipinski definition) is 2. The van der Waals surface area contributed by atoms with E-state index in [2.05, 4.69) is 0 Å². The van der Waals surface area contributed by atoms with Crippen LogP contribution in [0.15, 0.2) is 0 Å². The van der Waals surface area contributed by atoms with Gasteiger partial charge in [0.25, 0.3) is 0 Å². The highest BCUT2D eigenvalue weighted by Crippen LogP contribution is 2.14. The first-order chi connectivity index (χ1) is 8.39. The van der Waals surface area contributed by atoms with E-state index in [0.717, 1.165) is 25.9 Å². The molecule has 1 atom stereocenters. The van der Waals surface area contributed by atoms with Crippen LogP contribution in [-0.2, 0) is 4.74 Å². The summed E-state index contributed by atoms with van der Waals surface area (Å²) < 4.78 is 5.40. The minimum atomic E-state index is -0.511. The van der Waals surface area contributed by atoms with E-state index in [1.54, 1.807) is 0 Å². The Morgan fingerprint density at radius 2 is 1.00 bits per heavy atom. The molecule has 17 heavy (non-hydrogen) atoms. The Morgan fingerprint density at radius 3 is 1.53 bits per heavy atom. The summed E-state index contributed by atoms with van der Waals surface area (Å²) in [5.74, 6) is 0. The molecule has 0 aromatic carbocycles. The maximum atomic E-state index is 9.60. The summed E-state index contributed by atoms with van der Waals surface area (Å²) in [5, 5.41) is 9.60. The Bertz CT molecular complexity index is 143. The number of aliphatic hydroxyl groups excluding tert-OH is 1. The quantitative estimate of drug-likeness (QED) is 0.682. The molecule has 0 amide bonds. The van der Waals surface area contributed by atoms with Gasteiger partial charge in [0.2, 0.25) is 0 Å². The lowest BCUT2D eigenvalue weighted by Gasteiger charge is -2.12. The van der Waals surface area contributed by atoms with Gasteiger partial charge in [-0.15, -0.1) is 0 Å². The zero-order valence-electron chi connectivity index (χ0n) is 11.3. The fraction of sp³-hybridized carbons (Fsp3) is 1.00. The van der Waals surface area contributed by atoms with Crippen LogP contribution in [-0.4, -0.2) is 18.0 Å². The highest BCUT2D eigenvalue weighted by molar-refractivity contribution is 4.51. The normalized spacial score (nSPS) is 27.7. The van der Waals surface area contributed by atoms with Gasteiger partial charge in [0.05, 0.1) is 0 Å². The second kappa shape index (κ2) is 11.0. The number of rotatable bonds is 0. The number of hydrogen-bond donors (Lipinski definition) is 1. The van der Waals surface area contributed by atoms with E-state index in [1.165, 1.54) is 64.2 Å². The number of ether oxygens (including phenoxy) is 1. The standard InChI is InChI=1S/C15H30O2/c16-15-13-11-9-7-5-3-1-2-4-6-8-10-12-14-17-15/h15-16H,1-14H2. The van der Waals surface area contributed by atoms with Crippen molar-refractivity contribution in [2.45, 2.75) is 89.8 Å². The van der Waals surface area contributed by atoms with Crippen LogP contribution in [0, 0.1) is 0 Å². The van der Waals surface area contributed by atoms with Crippen molar-refractivity contribution in [3.63, 3.8) is 0 Å². The zero-order valence-corrected chi connectivity index (χ0v) is 11.3. The molecular formula is C15H30O2. The largest absolute Gasteiger partial charge is 0.368 e. The van der Waals surface area contributed by atoms with Gasteiger partial charge in [0.1, 0.15) is 0 Å². The minimum Gasteiger partial charge on any atom is -0.368 e. The van der Waals surface area contributed by atoms with E-state index in [9.17, 15) is 5.11 Å². The molecule has 1 aliphatic heterocycles. The molecule has 1 N–H and O–H groups in total. The van der Waals surface area contributed by atoms with E-state index in [1.807, 2.05) is 0 Å². The van der Waals surface area contributed by atoms with Crippen molar-refractivity contribution in [2.24, 2.45) is 0 Å². The van der Waals surface area contributed by atoms with Crippen LogP contribution in [0.25, 0.3) is 0 Å². The Kier molecular flexibility index (Phi) is 9.72. The van der Waals surface area contributed by atoms with Crippen molar-refractivity contribution in [1.29, 1.82) is 0 Å². The molecule has 0 spiro atoms. The zero-order chi connectivity index (χ0) is 12.2. The Hall–Kier alpha value is -0.0800. The van der Waals surface area contributed by atoms with Gasteiger partial charge in [-0.3, -0.25) is 0 Å². The van der Waals surface area contributed by atoms with Crippen LogP contribution in [0.5, 0.6) is 0 Å². The number of aliphatic hydroxyl groups is 1. The summed E-state index contributed by atoms with van der Waals surface area (Å²) in [6.45, 7) is 0.737. The molecule has 1 heterocycles. The summed E-state index contributed by atoms with van der Waals surface area (Å²) in [4.78, 5) is 0. The van der Waals surface area contributed by atoms with Crippen molar-refractivity contribution in [2.75, 3.05) is 6.61 Å². The average molecular weight is 242 g/mol. The monoisotopic (exact) mass is 242 g/mol. The van der Waals surface area contributed by atoms with Gasteiger partial charge >= 0.3 is 0 Å². The van der Waals surface area contributed by atoms with Crippen molar-refractivity contribution in [3.05, 3.63) is 0 Å². The third-order valence-electron chi connectivity index (χ3n) is 3.66. The van der Waals surface area contributed by atoms with Crippen molar-refractivity contribution < 1.29 is 9.84 Å². The topological polar surface area (TPSA) is 29.5 Å². The lowest BCUT2D eigenvalue weighted by molar-refractivity contribution is -0.105. The SMILES string of the molecule is OC1CCCCCCCCCCCCCCO1. The van der Waals surface area contributed by atoms with E-state index in [0.29, 0.717) is 0 Å². The second-order valence-electron chi connectivity index (χ2n) is 5.36. The van der Waals surface area contributed by atoms with E-state index in [4.69, 9.17) is 4.74 Å². The van der Waals surface area contributed by atoms with Crippen LogP contribution in [0.1, 0.15) is 83.5 Å². The summed E-state index contributed by atoms with van der Waals surface area (Å²) in [6.07, 6.45) is 16.1. The van der Waals surface area contributed by atoms with E-state index < -0.39 is 6.29 Å². The van der Waals surface area contributed by atoms with Gasteiger partial charge in [-0.05, 0) is 19.3 Å². The highest BCUT2D eigenvalue weighted by Gasteiger charge is 2.03. The molecule has 1 saturated heterocycles. The van der Waals surface area contributed by atoms with Gasteiger partial charge in [-0.25, -0.2) is 0 Å². The fourth-order valence-corrected chi connectivity index (χ4v) is 2.49. The summed E-state index contributed by atoms with van der Waals surface area (Å²) in [6, 6.07) is 0.